The number of hydrogen-bond acceptors (Lipinski definition) is 4. The maximum absolute atomic E-state index is 6.07. The smallest absolute Gasteiger partial charge is 0.244 e. The summed E-state index contributed by atoms with van der Waals surface area (Å²) in [6, 6.07) is 7.55. The van der Waals surface area contributed by atoms with Gasteiger partial charge >= 0.3 is 0 Å². The Bertz CT molecular complexity index is 526. The molecule has 1 aromatic heterocycles. The minimum Gasteiger partial charge on any atom is -0.337 e. The van der Waals surface area contributed by atoms with Gasteiger partial charge < -0.3 is 10.3 Å². The van der Waals surface area contributed by atoms with Gasteiger partial charge in [0.25, 0.3) is 0 Å². The number of hydrogen-bond donors (Lipinski definition) is 1. The zero-order valence-corrected chi connectivity index (χ0v) is 12.0. The molecule has 0 aliphatic rings. The third kappa shape index (κ3) is 2.62. The average molecular weight is 310 g/mol. The van der Waals surface area contributed by atoms with Gasteiger partial charge in [-0.1, -0.05) is 53.5 Å². The van der Waals surface area contributed by atoms with Crippen molar-refractivity contribution in [2.75, 3.05) is 0 Å². The van der Waals surface area contributed by atoms with Gasteiger partial charge in [-0.25, -0.2) is 0 Å². The van der Waals surface area contributed by atoms with Gasteiger partial charge in [0.2, 0.25) is 11.7 Å². The van der Waals surface area contributed by atoms with Crippen molar-refractivity contribution in [1.29, 1.82) is 0 Å². The molecule has 0 spiro atoms. The largest absolute Gasteiger partial charge is 0.337 e. The summed E-state index contributed by atoms with van der Waals surface area (Å²) in [7, 11) is 0. The molecule has 2 atom stereocenters. The molecule has 4 nitrogen and oxygen atoms in total. The number of rotatable bonds is 4. The standard InChI is InChI=1S/C13H16BrN3O/c1-3-8(2)11(15)13-16-12(17-18-13)9-6-4-5-7-10(9)14/h4-8,11H,3,15H2,1-2H3/t8-,11-/m0/s1. The molecule has 2 aromatic rings. The summed E-state index contributed by atoms with van der Waals surface area (Å²) in [5.74, 6) is 1.38. The van der Waals surface area contributed by atoms with Crippen LogP contribution < -0.4 is 5.73 Å². The highest BCUT2D eigenvalue weighted by Gasteiger charge is 2.20. The number of aromatic nitrogens is 2. The van der Waals surface area contributed by atoms with Gasteiger partial charge in [-0.05, 0) is 18.1 Å². The molecule has 0 radical (unpaired) electrons. The Morgan fingerprint density at radius 2 is 2.11 bits per heavy atom. The Hall–Kier alpha value is -1.20. The summed E-state index contributed by atoms with van der Waals surface area (Å²) in [5, 5.41) is 3.99. The van der Waals surface area contributed by atoms with Crippen molar-refractivity contribution in [2.45, 2.75) is 26.3 Å². The predicted octanol–water partition coefficient (Wildman–Crippen LogP) is 3.55. The van der Waals surface area contributed by atoms with Crippen molar-refractivity contribution in [2.24, 2.45) is 11.7 Å². The molecule has 0 aliphatic carbocycles. The normalized spacial score (nSPS) is 14.4. The number of nitrogens with zero attached hydrogens (tertiary/aromatic N) is 2. The minimum absolute atomic E-state index is 0.210. The van der Waals surface area contributed by atoms with Crippen LogP contribution in [0.4, 0.5) is 0 Å². The Balaban J connectivity index is 2.29. The number of halogens is 1. The van der Waals surface area contributed by atoms with Crippen molar-refractivity contribution >= 4 is 15.9 Å². The molecule has 1 heterocycles. The summed E-state index contributed by atoms with van der Waals surface area (Å²) in [6.07, 6.45) is 0.980. The zero-order valence-electron chi connectivity index (χ0n) is 10.4. The van der Waals surface area contributed by atoms with Crippen LogP contribution in [-0.4, -0.2) is 10.1 Å². The van der Waals surface area contributed by atoms with Crippen molar-refractivity contribution < 1.29 is 4.52 Å². The Kier molecular flexibility index (Phi) is 4.14. The van der Waals surface area contributed by atoms with Crippen LogP contribution in [0.1, 0.15) is 32.2 Å². The van der Waals surface area contributed by atoms with E-state index in [2.05, 4.69) is 39.9 Å². The molecule has 1 aromatic carbocycles. The first-order valence-electron chi connectivity index (χ1n) is 5.97. The van der Waals surface area contributed by atoms with Gasteiger partial charge in [-0.3, -0.25) is 0 Å². The van der Waals surface area contributed by atoms with Crippen molar-refractivity contribution in [3.05, 3.63) is 34.6 Å². The Labute approximate surface area is 115 Å². The first kappa shape index (κ1) is 13.2. The molecule has 0 bridgehead atoms. The lowest BCUT2D eigenvalue weighted by molar-refractivity contribution is 0.312. The zero-order chi connectivity index (χ0) is 13.1. The molecular formula is C13H16BrN3O. The third-order valence-electron chi connectivity index (χ3n) is 3.10. The van der Waals surface area contributed by atoms with E-state index in [1.54, 1.807) is 0 Å². The summed E-state index contributed by atoms with van der Waals surface area (Å²) in [6.45, 7) is 4.17. The summed E-state index contributed by atoms with van der Waals surface area (Å²) < 4.78 is 6.19. The van der Waals surface area contributed by atoms with Crippen LogP contribution in [0.15, 0.2) is 33.3 Å². The van der Waals surface area contributed by atoms with E-state index in [1.165, 1.54) is 0 Å². The quantitative estimate of drug-likeness (QED) is 0.938. The Morgan fingerprint density at radius 1 is 1.39 bits per heavy atom. The first-order valence-corrected chi connectivity index (χ1v) is 6.76. The van der Waals surface area contributed by atoms with Crippen LogP contribution >= 0.6 is 15.9 Å². The molecule has 2 rings (SSSR count). The predicted molar refractivity (Wildman–Crippen MR) is 73.8 cm³/mol. The maximum Gasteiger partial charge on any atom is 0.244 e. The van der Waals surface area contributed by atoms with Crippen LogP contribution in [0.5, 0.6) is 0 Å². The molecule has 0 unspecified atom stereocenters. The van der Waals surface area contributed by atoms with E-state index in [1.807, 2.05) is 24.3 Å². The van der Waals surface area contributed by atoms with E-state index in [9.17, 15) is 0 Å². The fourth-order valence-electron chi connectivity index (χ4n) is 1.62. The summed E-state index contributed by atoms with van der Waals surface area (Å²) in [4.78, 5) is 4.38. The van der Waals surface area contributed by atoms with Crippen LogP contribution in [0.25, 0.3) is 11.4 Å². The van der Waals surface area contributed by atoms with Crippen LogP contribution in [-0.2, 0) is 0 Å². The second-order valence-electron chi connectivity index (χ2n) is 4.35. The van der Waals surface area contributed by atoms with Gasteiger partial charge in [0.05, 0.1) is 6.04 Å². The van der Waals surface area contributed by atoms with E-state index >= 15 is 0 Å². The molecule has 96 valence electrons. The third-order valence-corrected chi connectivity index (χ3v) is 3.79. The highest BCUT2D eigenvalue weighted by atomic mass is 79.9. The summed E-state index contributed by atoms with van der Waals surface area (Å²) >= 11 is 3.47. The molecule has 0 saturated carbocycles. The average Bonchev–Trinajstić information content (AvgIpc) is 2.87. The van der Waals surface area contributed by atoms with Crippen LogP contribution in [0, 0.1) is 5.92 Å². The van der Waals surface area contributed by atoms with Crippen molar-refractivity contribution in [3.63, 3.8) is 0 Å². The lowest BCUT2D eigenvalue weighted by Crippen LogP contribution is -2.18. The lowest BCUT2D eigenvalue weighted by Gasteiger charge is -2.12. The van der Waals surface area contributed by atoms with Gasteiger partial charge in [0.1, 0.15) is 0 Å². The first-order chi connectivity index (χ1) is 8.63. The minimum atomic E-state index is -0.210. The van der Waals surface area contributed by atoms with Gasteiger partial charge in [-0.2, -0.15) is 4.98 Å². The SMILES string of the molecule is CC[C@H](C)[C@H](N)c1nc(-c2ccccc2Br)no1. The van der Waals surface area contributed by atoms with Gasteiger partial charge in [0, 0.05) is 10.0 Å². The molecule has 0 amide bonds. The molecule has 18 heavy (non-hydrogen) atoms. The van der Waals surface area contributed by atoms with Crippen molar-refractivity contribution in [3.8, 4) is 11.4 Å². The second-order valence-corrected chi connectivity index (χ2v) is 5.20. The lowest BCUT2D eigenvalue weighted by atomic mass is 10.0. The maximum atomic E-state index is 6.07. The van der Waals surface area contributed by atoms with E-state index in [0.717, 1.165) is 16.5 Å². The highest BCUT2D eigenvalue weighted by molar-refractivity contribution is 9.10. The number of nitrogens with two attached hydrogens (primary N) is 1. The molecule has 0 saturated heterocycles. The highest BCUT2D eigenvalue weighted by Crippen LogP contribution is 2.27. The van der Waals surface area contributed by atoms with E-state index in [-0.39, 0.29) is 6.04 Å². The molecule has 0 fully saturated rings. The molecule has 0 aliphatic heterocycles. The van der Waals surface area contributed by atoms with Crippen molar-refractivity contribution in [1.82, 2.24) is 10.1 Å². The van der Waals surface area contributed by atoms with E-state index in [4.69, 9.17) is 10.3 Å². The Morgan fingerprint density at radius 3 is 2.78 bits per heavy atom. The monoisotopic (exact) mass is 309 g/mol. The number of benzene rings is 1. The fraction of sp³-hybridized carbons (Fsp3) is 0.385. The fourth-order valence-corrected chi connectivity index (χ4v) is 2.08. The van der Waals surface area contributed by atoms with E-state index < -0.39 is 0 Å². The topological polar surface area (TPSA) is 64.9 Å². The molecular weight excluding hydrogens is 294 g/mol. The second kappa shape index (κ2) is 5.63. The molecule has 2 N–H and O–H groups in total. The molecule has 5 heteroatoms. The van der Waals surface area contributed by atoms with Crippen LogP contribution in [0.2, 0.25) is 0 Å². The van der Waals surface area contributed by atoms with Crippen LogP contribution in [0.3, 0.4) is 0 Å². The summed E-state index contributed by atoms with van der Waals surface area (Å²) in [5.41, 5.74) is 6.98. The van der Waals surface area contributed by atoms with E-state index in [0.29, 0.717) is 17.6 Å². The van der Waals surface area contributed by atoms with Gasteiger partial charge in [-0.15, -0.1) is 0 Å². The van der Waals surface area contributed by atoms with Gasteiger partial charge in [0.15, 0.2) is 0 Å².